The summed E-state index contributed by atoms with van der Waals surface area (Å²) >= 11 is 0. The Morgan fingerprint density at radius 1 is 1.10 bits per heavy atom. The largest absolute Gasteiger partial charge is 0.495 e. The average molecular weight is 564 g/mol. The minimum absolute atomic E-state index is 0.0964. The van der Waals surface area contributed by atoms with E-state index in [1.807, 2.05) is 13.1 Å². The standard InChI is InChI=1S/C31H45N7O3/c1-6-31(7-2)20-38(23-10-8-9-11-23)27-25(37(4)29(31)40)19-32-30(35-27)34-24-13-12-21(18-26(24)41-5)28(39)33-22-14-16-36(3)17-15-22/h12-13,18-19,22-23H,6-11,14-17,20H2,1-5H3,(H,33,39)(H,32,34,35). The lowest BCUT2D eigenvalue weighted by Crippen LogP contribution is -2.48. The van der Waals surface area contributed by atoms with Crippen molar-refractivity contribution >= 4 is 35.0 Å². The number of anilines is 4. The third kappa shape index (κ3) is 5.84. The fourth-order valence-electron chi connectivity index (χ4n) is 6.58. The summed E-state index contributed by atoms with van der Waals surface area (Å²) in [7, 11) is 5.54. The van der Waals surface area contributed by atoms with Gasteiger partial charge < -0.3 is 30.1 Å². The van der Waals surface area contributed by atoms with Gasteiger partial charge in [0, 0.05) is 31.2 Å². The number of benzene rings is 1. The molecule has 0 spiro atoms. The van der Waals surface area contributed by atoms with E-state index in [0.29, 0.717) is 35.5 Å². The summed E-state index contributed by atoms with van der Waals surface area (Å²) in [5.41, 5.74) is 1.50. The van der Waals surface area contributed by atoms with Crippen LogP contribution in [0.4, 0.5) is 23.1 Å². The van der Waals surface area contributed by atoms with Crippen LogP contribution in [0, 0.1) is 5.41 Å². The van der Waals surface area contributed by atoms with Crippen LogP contribution >= 0.6 is 0 Å². The molecule has 222 valence electrons. The lowest BCUT2D eigenvalue weighted by molar-refractivity contribution is -0.127. The average Bonchev–Trinajstić information content (AvgIpc) is 3.51. The van der Waals surface area contributed by atoms with Gasteiger partial charge in [-0.1, -0.05) is 26.7 Å². The molecular formula is C31H45N7O3. The number of hydrogen-bond acceptors (Lipinski definition) is 8. The minimum atomic E-state index is -0.460. The zero-order valence-corrected chi connectivity index (χ0v) is 25.2. The van der Waals surface area contributed by atoms with Gasteiger partial charge in [-0.05, 0) is 76.9 Å². The van der Waals surface area contributed by atoms with Gasteiger partial charge in [-0.2, -0.15) is 4.98 Å². The molecule has 41 heavy (non-hydrogen) atoms. The smallest absolute Gasteiger partial charge is 0.251 e. The third-order valence-corrected chi connectivity index (χ3v) is 9.50. The molecule has 10 heteroatoms. The zero-order chi connectivity index (χ0) is 29.1. The molecule has 1 saturated carbocycles. The lowest BCUT2D eigenvalue weighted by atomic mass is 9.80. The summed E-state index contributed by atoms with van der Waals surface area (Å²) in [4.78, 5) is 42.7. The Labute approximate surface area is 243 Å². The quantitative estimate of drug-likeness (QED) is 0.481. The van der Waals surface area contributed by atoms with Crippen molar-refractivity contribution in [3.8, 4) is 5.75 Å². The number of ether oxygens (including phenoxy) is 1. The van der Waals surface area contributed by atoms with E-state index in [1.54, 1.807) is 30.3 Å². The van der Waals surface area contributed by atoms with Crippen molar-refractivity contribution in [1.29, 1.82) is 0 Å². The summed E-state index contributed by atoms with van der Waals surface area (Å²) in [5.74, 6) is 1.79. The topological polar surface area (TPSA) is 103 Å². The number of likely N-dealkylation sites (tertiary alicyclic amines) is 1. The number of carbonyl (C=O) groups is 2. The Morgan fingerprint density at radius 3 is 2.46 bits per heavy atom. The second-order valence-electron chi connectivity index (χ2n) is 11.9. The molecule has 2 fully saturated rings. The van der Waals surface area contributed by atoms with Crippen LogP contribution in [-0.2, 0) is 4.79 Å². The maximum absolute atomic E-state index is 13.7. The van der Waals surface area contributed by atoms with E-state index in [1.165, 1.54) is 12.8 Å². The molecule has 1 aliphatic carbocycles. The second kappa shape index (κ2) is 12.2. The second-order valence-corrected chi connectivity index (χ2v) is 11.9. The molecule has 3 aliphatic rings. The van der Waals surface area contributed by atoms with Crippen molar-refractivity contribution in [2.45, 2.75) is 77.3 Å². The lowest BCUT2D eigenvalue weighted by Gasteiger charge is -2.37. The zero-order valence-electron chi connectivity index (χ0n) is 25.2. The highest BCUT2D eigenvalue weighted by Gasteiger charge is 2.45. The highest BCUT2D eigenvalue weighted by atomic mass is 16.5. The molecule has 10 nitrogen and oxygen atoms in total. The van der Waals surface area contributed by atoms with Crippen molar-refractivity contribution in [1.82, 2.24) is 20.2 Å². The van der Waals surface area contributed by atoms with Gasteiger partial charge in [-0.25, -0.2) is 4.98 Å². The minimum Gasteiger partial charge on any atom is -0.495 e. The first-order valence-electron chi connectivity index (χ1n) is 15.1. The third-order valence-electron chi connectivity index (χ3n) is 9.50. The molecule has 2 amide bonds. The van der Waals surface area contributed by atoms with Crippen molar-refractivity contribution in [3.63, 3.8) is 0 Å². The van der Waals surface area contributed by atoms with Gasteiger partial charge in [-0.15, -0.1) is 0 Å². The number of hydrogen-bond donors (Lipinski definition) is 2. The molecule has 1 aromatic carbocycles. The van der Waals surface area contributed by atoms with Gasteiger partial charge in [0.2, 0.25) is 11.9 Å². The fourth-order valence-corrected chi connectivity index (χ4v) is 6.58. The Balaban J connectivity index is 1.41. The summed E-state index contributed by atoms with van der Waals surface area (Å²) in [6.45, 7) is 6.85. The molecule has 2 aromatic rings. The van der Waals surface area contributed by atoms with Gasteiger partial charge in [0.25, 0.3) is 5.91 Å². The molecule has 0 atom stereocenters. The van der Waals surface area contributed by atoms with E-state index in [0.717, 1.165) is 63.1 Å². The molecule has 0 bridgehead atoms. The van der Waals surface area contributed by atoms with Crippen LogP contribution < -0.4 is 25.2 Å². The number of methoxy groups -OCH3 is 1. The van der Waals surface area contributed by atoms with Crippen molar-refractivity contribution in [3.05, 3.63) is 30.0 Å². The molecule has 1 saturated heterocycles. The van der Waals surface area contributed by atoms with E-state index in [9.17, 15) is 9.59 Å². The summed E-state index contributed by atoms with van der Waals surface area (Å²) in [5, 5.41) is 6.49. The number of amides is 2. The maximum atomic E-state index is 13.7. The maximum Gasteiger partial charge on any atom is 0.251 e. The highest BCUT2D eigenvalue weighted by Crippen LogP contribution is 2.43. The summed E-state index contributed by atoms with van der Waals surface area (Å²) in [6.07, 6.45) is 9.78. The van der Waals surface area contributed by atoms with Crippen LogP contribution in [-0.4, -0.2) is 79.6 Å². The van der Waals surface area contributed by atoms with Crippen LogP contribution in [0.3, 0.4) is 0 Å². The van der Waals surface area contributed by atoms with Gasteiger partial charge >= 0.3 is 0 Å². The van der Waals surface area contributed by atoms with Crippen LogP contribution in [0.25, 0.3) is 0 Å². The SMILES string of the molecule is CCC1(CC)CN(C2CCCC2)c2nc(Nc3ccc(C(=O)NC4CCN(C)CC4)cc3OC)ncc2N(C)C1=O. The van der Waals surface area contributed by atoms with E-state index >= 15 is 0 Å². The van der Waals surface area contributed by atoms with Gasteiger partial charge in [0.15, 0.2) is 5.82 Å². The summed E-state index contributed by atoms with van der Waals surface area (Å²) in [6, 6.07) is 5.92. The monoisotopic (exact) mass is 563 g/mol. The Morgan fingerprint density at radius 2 is 1.80 bits per heavy atom. The van der Waals surface area contributed by atoms with Gasteiger partial charge in [0.05, 0.1) is 24.4 Å². The van der Waals surface area contributed by atoms with E-state index in [2.05, 4.69) is 46.3 Å². The molecule has 1 aromatic heterocycles. The Kier molecular flexibility index (Phi) is 8.68. The van der Waals surface area contributed by atoms with Crippen LogP contribution in [0.2, 0.25) is 0 Å². The molecular weight excluding hydrogens is 518 g/mol. The molecule has 2 N–H and O–H groups in total. The number of nitrogens with zero attached hydrogens (tertiary/aromatic N) is 5. The van der Waals surface area contributed by atoms with E-state index < -0.39 is 5.41 Å². The van der Waals surface area contributed by atoms with Crippen LogP contribution in [0.5, 0.6) is 5.75 Å². The predicted molar refractivity (Wildman–Crippen MR) is 162 cm³/mol. The Hall–Kier alpha value is -3.40. The van der Waals surface area contributed by atoms with Gasteiger partial charge in [-0.3, -0.25) is 9.59 Å². The summed E-state index contributed by atoms with van der Waals surface area (Å²) < 4.78 is 5.67. The number of piperidine rings is 1. The number of fused-ring (bicyclic) bond motifs is 1. The van der Waals surface area contributed by atoms with Crippen molar-refractivity contribution < 1.29 is 14.3 Å². The molecule has 2 aliphatic heterocycles. The van der Waals surface area contributed by atoms with Crippen molar-refractivity contribution in [2.24, 2.45) is 5.41 Å². The van der Waals surface area contributed by atoms with Gasteiger partial charge in [0.1, 0.15) is 11.4 Å². The first-order chi connectivity index (χ1) is 19.8. The highest BCUT2D eigenvalue weighted by molar-refractivity contribution is 6.01. The first-order valence-corrected chi connectivity index (χ1v) is 15.1. The van der Waals surface area contributed by atoms with Crippen LogP contribution in [0.1, 0.15) is 75.6 Å². The van der Waals surface area contributed by atoms with E-state index in [4.69, 9.17) is 9.72 Å². The number of aromatic nitrogens is 2. The number of nitrogens with one attached hydrogen (secondary N) is 2. The molecule has 3 heterocycles. The molecule has 0 radical (unpaired) electrons. The predicted octanol–water partition coefficient (Wildman–Crippen LogP) is 4.58. The van der Waals surface area contributed by atoms with Crippen LogP contribution in [0.15, 0.2) is 24.4 Å². The molecule has 5 rings (SSSR count). The Bertz CT molecular complexity index is 1250. The normalized spacial score (nSPS) is 20.1. The van der Waals surface area contributed by atoms with Crippen molar-refractivity contribution in [2.75, 3.05) is 56.0 Å². The number of rotatable bonds is 8. The van der Waals surface area contributed by atoms with E-state index in [-0.39, 0.29) is 17.9 Å². The molecule has 0 unspecified atom stereocenters. The fraction of sp³-hybridized carbons (Fsp3) is 0.613. The number of carbonyl (C=O) groups excluding carboxylic acids is 2. The first kappa shape index (κ1) is 29.1.